The van der Waals surface area contributed by atoms with Crippen molar-refractivity contribution in [3.05, 3.63) is 18.0 Å². The normalized spacial score (nSPS) is 15.6. The molecular weight excluding hydrogens is 292 g/mol. The molecule has 7 nitrogen and oxygen atoms in total. The van der Waals surface area contributed by atoms with Crippen molar-refractivity contribution in [3.8, 4) is 0 Å². The average molecular weight is 314 g/mol. The van der Waals surface area contributed by atoms with Gasteiger partial charge in [-0.3, -0.25) is 4.79 Å². The molecule has 1 aromatic heterocycles. The molecular formula is C13H22N4O3S. The third-order valence-corrected chi connectivity index (χ3v) is 4.93. The number of aromatic nitrogens is 1. The minimum Gasteiger partial charge on any atom is -0.356 e. The number of sulfonamides is 1. The molecule has 0 radical (unpaired) electrons. The van der Waals surface area contributed by atoms with E-state index >= 15 is 0 Å². The summed E-state index contributed by atoms with van der Waals surface area (Å²) in [5.41, 5.74) is 0.326. The zero-order valence-electron chi connectivity index (χ0n) is 12.2. The molecule has 0 aromatic carbocycles. The molecule has 0 unspecified atom stereocenters. The first-order valence-electron chi connectivity index (χ1n) is 7.16. The summed E-state index contributed by atoms with van der Waals surface area (Å²) in [6.45, 7) is 2.59. The third-order valence-electron chi connectivity index (χ3n) is 3.49. The number of H-pyrrole nitrogens is 1. The van der Waals surface area contributed by atoms with Gasteiger partial charge in [-0.15, -0.1) is 0 Å². The van der Waals surface area contributed by atoms with Crippen LogP contribution in [-0.4, -0.2) is 57.4 Å². The summed E-state index contributed by atoms with van der Waals surface area (Å²) >= 11 is 0. The number of rotatable bonds is 7. The van der Waals surface area contributed by atoms with Crippen molar-refractivity contribution in [3.63, 3.8) is 0 Å². The van der Waals surface area contributed by atoms with Gasteiger partial charge in [0.1, 0.15) is 10.6 Å². The first-order valence-corrected chi connectivity index (χ1v) is 8.65. The fourth-order valence-corrected chi connectivity index (χ4v) is 3.37. The number of carbonyl (C=O) groups excluding carboxylic acids is 1. The van der Waals surface area contributed by atoms with E-state index in [0.29, 0.717) is 18.7 Å². The van der Waals surface area contributed by atoms with Crippen molar-refractivity contribution in [2.75, 3.05) is 33.2 Å². The molecule has 1 amide bonds. The predicted molar refractivity (Wildman–Crippen MR) is 79.7 cm³/mol. The van der Waals surface area contributed by atoms with E-state index in [0.717, 1.165) is 32.5 Å². The molecule has 0 bridgehead atoms. The highest BCUT2D eigenvalue weighted by Gasteiger charge is 2.23. The van der Waals surface area contributed by atoms with E-state index in [9.17, 15) is 13.2 Å². The number of nitrogens with one attached hydrogen (secondary N) is 3. The van der Waals surface area contributed by atoms with Crippen LogP contribution in [0.1, 0.15) is 29.8 Å². The summed E-state index contributed by atoms with van der Waals surface area (Å²) in [7, 11) is -1.74. The number of aromatic amines is 1. The van der Waals surface area contributed by atoms with Crippen molar-refractivity contribution < 1.29 is 13.2 Å². The van der Waals surface area contributed by atoms with Crippen LogP contribution in [0.25, 0.3) is 0 Å². The summed E-state index contributed by atoms with van der Waals surface area (Å²) in [6, 6.07) is 1.40. The molecule has 1 aliphatic heterocycles. The highest BCUT2D eigenvalue weighted by Crippen LogP contribution is 2.15. The largest absolute Gasteiger partial charge is 0.356 e. The van der Waals surface area contributed by atoms with Crippen molar-refractivity contribution in [2.24, 2.45) is 0 Å². The number of nitrogens with zero attached hydrogens (tertiary/aromatic N) is 1. The lowest BCUT2D eigenvalue weighted by atomic mass is 10.4. The summed E-state index contributed by atoms with van der Waals surface area (Å²) in [6.07, 6.45) is 4.08. The second-order valence-electron chi connectivity index (χ2n) is 5.10. The van der Waals surface area contributed by atoms with Gasteiger partial charge in [-0.05, 0) is 38.9 Å². The molecule has 1 aromatic rings. The fraction of sp³-hybridized carbons (Fsp3) is 0.615. The van der Waals surface area contributed by atoms with Gasteiger partial charge >= 0.3 is 0 Å². The molecule has 1 saturated heterocycles. The van der Waals surface area contributed by atoms with E-state index in [4.69, 9.17) is 0 Å². The molecule has 0 spiro atoms. The summed E-state index contributed by atoms with van der Waals surface area (Å²) < 4.78 is 26.7. The maximum Gasteiger partial charge on any atom is 0.270 e. The molecule has 1 aliphatic rings. The monoisotopic (exact) mass is 314 g/mol. The first kappa shape index (κ1) is 16.0. The van der Waals surface area contributed by atoms with Gasteiger partial charge in [-0.2, -0.15) is 0 Å². The zero-order valence-corrected chi connectivity index (χ0v) is 13.0. The Balaban J connectivity index is 1.99. The van der Waals surface area contributed by atoms with Gasteiger partial charge in [0.25, 0.3) is 5.91 Å². The standard InChI is InChI=1S/C13H22N4O3S/c1-14-5-4-6-16-21(19,20)11-9-12(15-10-11)13(18)17-7-2-3-8-17/h9-10,14-16H,2-8H2,1H3. The van der Waals surface area contributed by atoms with Crippen LogP contribution in [0.15, 0.2) is 17.2 Å². The average Bonchev–Trinajstić information content (AvgIpc) is 3.13. The van der Waals surface area contributed by atoms with Crippen LogP contribution in [0.4, 0.5) is 0 Å². The van der Waals surface area contributed by atoms with E-state index in [1.165, 1.54) is 12.3 Å². The van der Waals surface area contributed by atoms with Gasteiger partial charge in [-0.25, -0.2) is 13.1 Å². The SMILES string of the molecule is CNCCCNS(=O)(=O)c1c[nH]c(C(=O)N2CCCC2)c1. The maximum atomic E-state index is 12.2. The lowest BCUT2D eigenvalue weighted by Crippen LogP contribution is -2.28. The maximum absolute atomic E-state index is 12.2. The quantitative estimate of drug-likeness (QED) is 0.624. The Morgan fingerprint density at radius 1 is 1.33 bits per heavy atom. The van der Waals surface area contributed by atoms with Crippen molar-refractivity contribution in [2.45, 2.75) is 24.2 Å². The second-order valence-corrected chi connectivity index (χ2v) is 6.87. The molecule has 8 heteroatoms. The minimum atomic E-state index is -3.56. The van der Waals surface area contributed by atoms with Crippen LogP contribution in [-0.2, 0) is 10.0 Å². The molecule has 2 heterocycles. The highest BCUT2D eigenvalue weighted by molar-refractivity contribution is 7.89. The predicted octanol–water partition coefficient (Wildman–Crippen LogP) is 0.139. The van der Waals surface area contributed by atoms with Gasteiger partial charge in [0, 0.05) is 25.8 Å². The van der Waals surface area contributed by atoms with Gasteiger partial charge in [-0.1, -0.05) is 0 Å². The number of likely N-dealkylation sites (tertiary alicyclic amines) is 1. The van der Waals surface area contributed by atoms with E-state index in [1.54, 1.807) is 4.90 Å². The van der Waals surface area contributed by atoms with Crippen LogP contribution in [0, 0.1) is 0 Å². The van der Waals surface area contributed by atoms with Gasteiger partial charge < -0.3 is 15.2 Å². The van der Waals surface area contributed by atoms with Crippen LogP contribution in [0.3, 0.4) is 0 Å². The number of hydrogen-bond acceptors (Lipinski definition) is 4. The number of amides is 1. The van der Waals surface area contributed by atoms with E-state index in [-0.39, 0.29) is 10.8 Å². The first-order chi connectivity index (χ1) is 10.0. The molecule has 0 atom stereocenters. The second kappa shape index (κ2) is 7.06. The minimum absolute atomic E-state index is 0.106. The van der Waals surface area contributed by atoms with Gasteiger partial charge in [0.15, 0.2) is 0 Å². The van der Waals surface area contributed by atoms with E-state index in [2.05, 4.69) is 15.0 Å². The highest BCUT2D eigenvalue weighted by atomic mass is 32.2. The molecule has 118 valence electrons. The molecule has 21 heavy (non-hydrogen) atoms. The van der Waals surface area contributed by atoms with Crippen LogP contribution >= 0.6 is 0 Å². The zero-order chi connectivity index (χ0) is 15.3. The number of hydrogen-bond donors (Lipinski definition) is 3. The summed E-state index contributed by atoms with van der Waals surface area (Å²) in [5.74, 6) is -0.135. The van der Waals surface area contributed by atoms with Crippen LogP contribution in [0.5, 0.6) is 0 Å². The molecule has 2 rings (SSSR count). The summed E-state index contributed by atoms with van der Waals surface area (Å²) in [4.78, 5) is 16.8. The smallest absolute Gasteiger partial charge is 0.270 e. The Kier molecular flexibility index (Phi) is 5.38. The lowest BCUT2D eigenvalue weighted by Gasteiger charge is -2.13. The van der Waals surface area contributed by atoms with Crippen molar-refractivity contribution in [1.82, 2.24) is 19.9 Å². The Bertz CT molecular complexity index is 576. The Hall–Kier alpha value is -1.38. The topological polar surface area (TPSA) is 94.3 Å². The Morgan fingerprint density at radius 2 is 2.05 bits per heavy atom. The summed E-state index contributed by atoms with van der Waals surface area (Å²) in [5, 5.41) is 2.95. The van der Waals surface area contributed by atoms with Gasteiger partial charge in [0.05, 0.1) is 0 Å². The van der Waals surface area contributed by atoms with E-state index in [1.807, 2.05) is 7.05 Å². The Morgan fingerprint density at radius 3 is 2.71 bits per heavy atom. The lowest BCUT2D eigenvalue weighted by molar-refractivity contribution is 0.0787. The van der Waals surface area contributed by atoms with Crippen molar-refractivity contribution in [1.29, 1.82) is 0 Å². The Labute approximate surface area is 125 Å². The number of carbonyl (C=O) groups is 1. The molecule has 0 aliphatic carbocycles. The third kappa shape index (κ3) is 4.05. The van der Waals surface area contributed by atoms with Gasteiger partial charge in [0.2, 0.25) is 10.0 Å². The molecule has 3 N–H and O–H groups in total. The fourth-order valence-electron chi connectivity index (χ4n) is 2.30. The van der Waals surface area contributed by atoms with Crippen molar-refractivity contribution >= 4 is 15.9 Å². The molecule has 0 saturated carbocycles. The van der Waals surface area contributed by atoms with Crippen LogP contribution in [0.2, 0.25) is 0 Å². The van der Waals surface area contributed by atoms with Crippen LogP contribution < -0.4 is 10.0 Å². The molecule has 1 fully saturated rings. The van der Waals surface area contributed by atoms with E-state index < -0.39 is 10.0 Å².